The number of para-hydroxylation sites is 1. The van der Waals surface area contributed by atoms with Gasteiger partial charge in [-0.15, -0.1) is 0 Å². The number of unbranched alkanes of at least 4 members (excludes halogenated alkanes) is 1. The second-order valence-corrected chi connectivity index (χ2v) is 5.77. The summed E-state index contributed by atoms with van der Waals surface area (Å²) in [5.74, 6) is -0.122. The van der Waals surface area contributed by atoms with E-state index in [1.54, 1.807) is 0 Å². The standard InChI is InChI=1S/C18H21N3O2/c1-2-3-8-14-11-7-12-20(14)18(23)16-13-17(22)21(19-16)15-9-5-4-6-10-15/h4-7,9-11,13-14,19H,2-3,8,12H2,1H3. The number of nitrogens with zero attached hydrogens (tertiary/aromatic N) is 2. The zero-order valence-corrected chi connectivity index (χ0v) is 13.2. The minimum Gasteiger partial charge on any atom is -0.327 e. The predicted octanol–water partition coefficient (Wildman–Crippen LogP) is 2.74. The smallest absolute Gasteiger partial charge is 0.272 e. The molecule has 1 atom stereocenters. The van der Waals surface area contributed by atoms with Crippen molar-refractivity contribution in [2.75, 3.05) is 6.54 Å². The first kappa shape index (κ1) is 15.3. The van der Waals surface area contributed by atoms with Crippen LogP contribution in [-0.2, 0) is 0 Å². The van der Waals surface area contributed by atoms with Gasteiger partial charge >= 0.3 is 0 Å². The first-order valence-corrected chi connectivity index (χ1v) is 8.06. The fourth-order valence-corrected chi connectivity index (χ4v) is 2.90. The quantitative estimate of drug-likeness (QED) is 0.863. The zero-order valence-electron chi connectivity index (χ0n) is 13.2. The van der Waals surface area contributed by atoms with Crippen LogP contribution in [0.1, 0.15) is 36.7 Å². The lowest BCUT2D eigenvalue weighted by molar-refractivity contribution is 0.0737. The summed E-state index contributed by atoms with van der Waals surface area (Å²) < 4.78 is 1.40. The van der Waals surface area contributed by atoms with Crippen LogP contribution in [0.5, 0.6) is 0 Å². The van der Waals surface area contributed by atoms with Crippen LogP contribution in [-0.4, -0.2) is 33.2 Å². The first-order valence-electron chi connectivity index (χ1n) is 8.06. The molecule has 0 bridgehead atoms. The lowest BCUT2D eigenvalue weighted by Crippen LogP contribution is -2.36. The number of hydrogen-bond acceptors (Lipinski definition) is 2. The minimum absolute atomic E-state index is 0.122. The minimum atomic E-state index is -0.225. The van der Waals surface area contributed by atoms with E-state index in [1.165, 1.54) is 10.7 Å². The highest BCUT2D eigenvalue weighted by atomic mass is 16.2. The number of aromatic nitrogens is 2. The second-order valence-electron chi connectivity index (χ2n) is 5.77. The molecule has 1 aliphatic rings. The molecule has 1 aromatic heterocycles. The largest absolute Gasteiger partial charge is 0.327 e. The predicted molar refractivity (Wildman–Crippen MR) is 89.9 cm³/mol. The number of carbonyl (C=O) groups excluding carboxylic acids is 1. The van der Waals surface area contributed by atoms with E-state index < -0.39 is 0 Å². The van der Waals surface area contributed by atoms with Crippen molar-refractivity contribution in [1.82, 2.24) is 14.7 Å². The van der Waals surface area contributed by atoms with Crippen molar-refractivity contribution in [3.05, 3.63) is 64.6 Å². The van der Waals surface area contributed by atoms with Gasteiger partial charge in [0.1, 0.15) is 5.69 Å². The van der Waals surface area contributed by atoms with E-state index in [-0.39, 0.29) is 17.5 Å². The molecule has 0 fully saturated rings. The maximum absolute atomic E-state index is 12.7. The Morgan fingerprint density at radius 3 is 2.83 bits per heavy atom. The van der Waals surface area contributed by atoms with Crippen LogP contribution in [0.15, 0.2) is 53.3 Å². The number of hydrogen-bond donors (Lipinski definition) is 1. The molecule has 0 aliphatic carbocycles. The van der Waals surface area contributed by atoms with Gasteiger partial charge in [0.15, 0.2) is 0 Å². The molecular formula is C18H21N3O2. The van der Waals surface area contributed by atoms with Gasteiger partial charge in [0.2, 0.25) is 0 Å². The van der Waals surface area contributed by atoms with Crippen LogP contribution in [0.4, 0.5) is 0 Å². The number of rotatable bonds is 5. The Bertz CT molecular complexity index is 758. The van der Waals surface area contributed by atoms with E-state index >= 15 is 0 Å². The molecule has 5 nitrogen and oxygen atoms in total. The molecule has 120 valence electrons. The van der Waals surface area contributed by atoms with Crippen LogP contribution in [0.25, 0.3) is 5.69 Å². The van der Waals surface area contributed by atoms with E-state index in [2.05, 4.69) is 18.1 Å². The normalized spacial score (nSPS) is 16.9. The van der Waals surface area contributed by atoms with E-state index in [0.29, 0.717) is 12.2 Å². The molecule has 5 heteroatoms. The Labute approximate surface area is 135 Å². The Balaban J connectivity index is 1.82. The summed E-state index contributed by atoms with van der Waals surface area (Å²) in [5.41, 5.74) is 0.833. The fourth-order valence-electron chi connectivity index (χ4n) is 2.90. The molecule has 1 aromatic carbocycles. The molecular weight excluding hydrogens is 290 g/mol. The molecule has 23 heavy (non-hydrogen) atoms. The summed E-state index contributed by atoms with van der Waals surface area (Å²) in [5, 5.41) is 2.94. The maximum atomic E-state index is 12.7. The number of nitrogens with one attached hydrogen (secondary N) is 1. The topological polar surface area (TPSA) is 58.1 Å². The molecule has 0 saturated carbocycles. The third-order valence-electron chi connectivity index (χ3n) is 4.14. The lowest BCUT2D eigenvalue weighted by atomic mass is 10.1. The van der Waals surface area contributed by atoms with Gasteiger partial charge < -0.3 is 4.90 Å². The Morgan fingerprint density at radius 1 is 1.30 bits per heavy atom. The highest BCUT2D eigenvalue weighted by Crippen LogP contribution is 2.18. The third kappa shape index (κ3) is 3.13. The van der Waals surface area contributed by atoms with Crippen LogP contribution < -0.4 is 5.56 Å². The van der Waals surface area contributed by atoms with Gasteiger partial charge in [0.05, 0.1) is 11.7 Å². The molecule has 0 radical (unpaired) electrons. The molecule has 1 amide bonds. The summed E-state index contributed by atoms with van der Waals surface area (Å²) in [7, 11) is 0. The number of benzene rings is 1. The number of amides is 1. The van der Waals surface area contributed by atoms with Crippen molar-refractivity contribution >= 4 is 5.91 Å². The van der Waals surface area contributed by atoms with Crippen molar-refractivity contribution < 1.29 is 4.79 Å². The molecule has 2 heterocycles. The van der Waals surface area contributed by atoms with Crippen molar-refractivity contribution in [2.24, 2.45) is 0 Å². The summed E-state index contributed by atoms with van der Waals surface area (Å²) in [6, 6.07) is 10.8. The van der Waals surface area contributed by atoms with Gasteiger partial charge in [-0.3, -0.25) is 14.7 Å². The van der Waals surface area contributed by atoms with Gasteiger partial charge in [0, 0.05) is 12.6 Å². The Kier molecular flexibility index (Phi) is 4.46. The SMILES string of the molecule is CCCCC1C=CCN1C(=O)c1cc(=O)n(-c2ccccc2)[nH]1. The molecule has 2 aromatic rings. The van der Waals surface area contributed by atoms with Crippen LogP contribution in [0.2, 0.25) is 0 Å². The number of carbonyl (C=O) groups is 1. The Morgan fingerprint density at radius 2 is 2.09 bits per heavy atom. The highest BCUT2D eigenvalue weighted by molar-refractivity contribution is 5.93. The Hall–Kier alpha value is -2.56. The number of aromatic amines is 1. The van der Waals surface area contributed by atoms with Gasteiger partial charge in [-0.2, -0.15) is 0 Å². The van der Waals surface area contributed by atoms with Gasteiger partial charge in [-0.25, -0.2) is 4.68 Å². The molecule has 1 N–H and O–H groups in total. The van der Waals surface area contributed by atoms with Crippen molar-refractivity contribution in [3.63, 3.8) is 0 Å². The molecule has 1 unspecified atom stereocenters. The van der Waals surface area contributed by atoms with Crippen LogP contribution in [0.3, 0.4) is 0 Å². The van der Waals surface area contributed by atoms with Crippen molar-refractivity contribution in [3.8, 4) is 5.69 Å². The lowest BCUT2D eigenvalue weighted by Gasteiger charge is -2.23. The monoisotopic (exact) mass is 311 g/mol. The third-order valence-corrected chi connectivity index (χ3v) is 4.14. The molecule has 3 rings (SSSR count). The van der Waals surface area contributed by atoms with Crippen LogP contribution in [0, 0.1) is 0 Å². The summed E-state index contributed by atoms with van der Waals surface area (Å²) in [4.78, 5) is 26.7. The fraction of sp³-hybridized carbons (Fsp3) is 0.333. The van der Waals surface area contributed by atoms with E-state index in [1.807, 2.05) is 41.3 Å². The average Bonchev–Trinajstić information content (AvgIpc) is 3.19. The molecule has 0 spiro atoms. The summed E-state index contributed by atoms with van der Waals surface area (Å²) in [6.45, 7) is 2.74. The zero-order chi connectivity index (χ0) is 16.2. The van der Waals surface area contributed by atoms with Gasteiger partial charge in [0.25, 0.3) is 11.5 Å². The van der Waals surface area contributed by atoms with Crippen LogP contribution >= 0.6 is 0 Å². The van der Waals surface area contributed by atoms with E-state index in [0.717, 1.165) is 24.9 Å². The first-order chi connectivity index (χ1) is 11.2. The van der Waals surface area contributed by atoms with Gasteiger partial charge in [-0.05, 0) is 18.6 Å². The van der Waals surface area contributed by atoms with E-state index in [4.69, 9.17) is 0 Å². The average molecular weight is 311 g/mol. The summed E-state index contributed by atoms with van der Waals surface area (Å²) >= 11 is 0. The van der Waals surface area contributed by atoms with Gasteiger partial charge in [-0.1, -0.05) is 50.1 Å². The second kappa shape index (κ2) is 6.69. The van der Waals surface area contributed by atoms with Crippen molar-refractivity contribution in [1.29, 1.82) is 0 Å². The summed E-state index contributed by atoms with van der Waals surface area (Å²) in [6.07, 6.45) is 7.25. The van der Waals surface area contributed by atoms with E-state index in [9.17, 15) is 9.59 Å². The maximum Gasteiger partial charge on any atom is 0.272 e. The highest BCUT2D eigenvalue weighted by Gasteiger charge is 2.26. The number of H-pyrrole nitrogens is 1. The van der Waals surface area contributed by atoms with Crippen molar-refractivity contribution in [2.45, 2.75) is 32.2 Å². The molecule has 1 aliphatic heterocycles. The molecule has 0 saturated heterocycles.